The number of nitrogens with zero attached hydrogens (tertiary/aromatic N) is 3. The molecule has 3 heterocycles. The Labute approximate surface area is 182 Å². The molecule has 1 aliphatic heterocycles. The monoisotopic (exact) mass is 451 g/mol. The number of carbonyl (C=O) groups excluding carboxylic acids is 2. The van der Waals surface area contributed by atoms with Crippen molar-refractivity contribution in [2.75, 3.05) is 5.32 Å². The third-order valence-corrected chi connectivity index (χ3v) is 5.65. The van der Waals surface area contributed by atoms with Crippen molar-refractivity contribution in [3.05, 3.63) is 41.0 Å². The molecule has 11 heteroatoms. The lowest BCUT2D eigenvalue weighted by Gasteiger charge is -2.28. The first-order valence-electron chi connectivity index (χ1n) is 10.5. The molecule has 2 fully saturated rings. The van der Waals surface area contributed by atoms with E-state index in [0.717, 1.165) is 17.5 Å². The Morgan fingerprint density at radius 2 is 2.03 bits per heavy atom. The molecule has 0 radical (unpaired) electrons. The standard InChI is InChI=1S/C21H24F3N5O3/c1-11-3-2-4-14(32-11)10-29-18(16(21(22,23)24)17(28-29)12-5-6-12)20(31)27-13-7-8-26-15(9-13)19(25)30/h7-9,11-12,14H,2-6,10H2,1H3,(H2,25,30)(H,26,27,31). The first-order valence-corrected chi connectivity index (χ1v) is 10.5. The molecule has 172 valence electrons. The van der Waals surface area contributed by atoms with Crippen LogP contribution in [0.1, 0.15) is 77.2 Å². The minimum absolute atomic E-state index is 0.00406. The number of ether oxygens (including phenoxy) is 1. The van der Waals surface area contributed by atoms with Crippen molar-refractivity contribution in [1.29, 1.82) is 0 Å². The number of carbonyl (C=O) groups is 2. The van der Waals surface area contributed by atoms with Crippen LogP contribution in [-0.4, -0.2) is 38.8 Å². The molecular weight excluding hydrogens is 427 g/mol. The predicted molar refractivity (Wildman–Crippen MR) is 108 cm³/mol. The van der Waals surface area contributed by atoms with Gasteiger partial charge in [0.05, 0.1) is 24.4 Å². The van der Waals surface area contributed by atoms with E-state index in [4.69, 9.17) is 10.5 Å². The fourth-order valence-corrected chi connectivity index (χ4v) is 4.02. The van der Waals surface area contributed by atoms with E-state index in [1.54, 1.807) is 0 Å². The van der Waals surface area contributed by atoms with Crippen LogP contribution in [-0.2, 0) is 17.5 Å². The lowest BCUT2D eigenvalue weighted by molar-refractivity contribution is -0.138. The zero-order chi connectivity index (χ0) is 23.0. The average Bonchev–Trinajstić information content (AvgIpc) is 3.48. The quantitative estimate of drug-likeness (QED) is 0.698. The highest BCUT2D eigenvalue weighted by Crippen LogP contribution is 2.46. The minimum Gasteiger partial charge on any atom is -0.373 e. The molecule has 32 heavy (non-hydrogen) atoms. The molecule has 2 amide bonds. The Bertz CT molecular complexity index is 1030. The Balaban J connectivity index is 1.71. The third-order valence-electron chi connectivity index (χ3n) is 5.65. The highest BCUT2D eigenvalue weighted by Gasteiger charge is 2.46. The number of aromatic nitrogens is 3. The van der Waals surface area contributed by atoms with E-state index in [-0.39, 0.29) is 41.7 Å². The summed E-state index contributed by atoms with van der Waals surface area (Å²) in [5, 5.41) is 6.67. The lowest BCUT2D eigenvalue weighted by atomic mass is 10.0. The number of anilines is 1. The van der Waals surface area contributed by atoms with Crippen molar-refractivity contribution in [1.82, 2.24) is 14.8 Å². The highest BCUT2D eigenvalue weighted by molar-refractivity contribution is 6.05. The first-order chi connectivity index (χ1) is 15.1. The van der Waals surface area contributed by atoms with Crippen molar-refractivity contribution in [3.63, 3.8) is 0 Å². The van der Waals surface area contributed by atoms with E-state index in [0.29, 0.717) is 19.3 Å². The van der Waals surface area contributed by atoms with Gasteiger partial charge in [-0.1, -0.05) is 0 Å². The molecule has 2 aromatic heterocycles. The number of hydrogen-bond donors (Lipinski definition) is 2. The molecule has 8 nitrogen and oxygen atoms in total. The van der Waals surface area contributed by atoms with Crippen LogP contribution < -0.4 is 11.1 Å². The smallest absolute Gasteiger partial charge is 0.373 e. The van der Waals surface area contributed by atoms with Crippen LogP contribution in [0.2, 0.25) is 0 Å². The average molecular weight is 451 g/mol. The van der Waals surface area contributed by atoms with Gasteiger partial charge in [-0.15, -0.1) is 0 Å². The molecule has 1 saturated carbocycles. The maximum Gasteiger partial charge on any atom is 0.420 e. The van der Waals surface area contributed by atoms with Crippen molar-refractivity contribution < 1.29 is 27.5 Å². The van der Waals surface area contributed by atoms with Crippen molar-refractivity contribution in [2.45, 2.75) is 69.9 Å². The van der Waals surface area contributed by atoms with Crippen LogP contribution in [0.3, 0.4) is 0 Å². The molecule has 4 rings (SSSR count). The molecular formula is C21H24F3N5O3. The molecule has 2 aromatic rings. The Kier molecular flexibility index (Phi) is 5.93. The molecule has 0 spiro atoms. The molecule has 2 aliphatic rings. The van der Waals surface area contributed by atoms with Crippen molar-refractivity contribution in [3.8, 4) is 0 Å². The zero-order valence-electron chi connectivity index (χ0n) is 17.5. The second-order valence-corrected chi connectivity index (χ2v) is 8.31. The Morgan fingerprint density at radius 1 is 1.28 bits per heavy atom. The van der Waals surface area contributed by atoms with Crippen molar-refractivity contribution in [2.24, 2.45) is 5.73 Å². The van der Waals surface area contributed by atoms with E-state index in [1.165, 1.54) is 18.3 Å². The number of amides is 2. The summed E-state index contributed by atoms with van der Waals surface area (Å²) in [6.45, 7) is 1.96. The van der Waals surface area contributed by atoms with Gasteiger partial charge >= 0.3 is 6.18 Å². The van der Waals surface area contributed by atoms with Gasteiger partial charge < -0.3 is 15.8 Å². The van der Waals surface area contributed by atoms with E-state index < -0.39 is 29.2 Å². The number of alkyl halides is 3. The normalized spacial score (nSPS) is 21.4. The Hall–Kier alpha value is -2.95. The van der Waals surface area contributed by atoms with Gasteiger partial charge in [-0.05, 0) is 51.2 Å². The van der Waals surface area contributed by atoms with Gasteiger partial charge in [0.2, 0.25) is 0 Å². The van der Waals surface area contributed by atoms with Crippen LogP contribution in [0.25, 0.3) is 0 Å². The second-order valence-electron chi connectivity index (χ2n) is 8.31. The minimum atomic E-state index is -4.75. The van der Waals surface area contributed by atoms with E-state index >= 15 is 0 Å². The van der Waals surface area contributed by atoms with E-state index in [9.17, 15) is 22.8 Å². The molecule has 3 N–H and O–H groups in total. The third kappa shape index (κ3) is 4.77. The second kappa shape index (κ2) is 8.53. The Morgan fingerprint density at radius 3 is 2.66 bits per heavy atom. The highest BCUT2D eigenvalue weighted by atomic mass is 19.4. The van der Waals surface area contributed by atoms with Gasteiger partial charge in [-0.25, -0.2) is 0 Å². The fourth-order valence-electron chi connectivity index (χ4n) is 4.02. The first kappa shape index (κ1) is 22.3. The van der Waals surface area contributed by atoms with E-state index in [2.05, 4.69) is 15.4 Å². The molecule has 1 saturated heterocycles. The zero-order valence-corrected chi connectivity index (χ0v) is 17.5. The largest absolute Gasteiger partial charge is 0.420 e. The van der Waals surface area contributed by atoms with E-state index in [1.807, 2.05) is 6.92 Å². The topological polar surface area (TPSA) is 112 Å². The molecule has 1 aliphatic carbocycles. The molecule has 0 aromatic carbocycles. The number of hydrogen-bond acceptors (Lipinski definition) is 5. The van der Waals surface area contributed by atoms with Gasteiger partial charge in [0.1, 0.15) is 17.0 Å². The fraction of sp³-hybridized carbons (Fsp3) is 0.524. The maximum atomic E-state index is 14.1. The summed E-state index contributed by atoms with van der Waals surface area (Å²) in [6.07, 6.45) is -0.189. The lowest BCUT2D eigenvalue weighted by Crippen LogP contribution is -2.31. The number of rotatable bonds is 6. The van der Waals surface area contributed by atoms with Crippen molar-refractivity contribution >= 4 is 17.5 Å². The van der Waals surface area contributed by atoms with Crippen LogP contribution in [0.15, 0.2) is 18.3 Å². The summed E-state index contributed by atoms with van der Waals surface area (Å²) >= 11 is 0. The summed E-state index contributed by atoms with van der Waals surface area (Å²) in [5.41, 5.74) is 3.53. The summed E-state index contributed by atoms with van der Waals surface area (Å²) in [4.78, 5) is 28.2. The van der Waals surface area contributed by atoms with Gasteiger partial charge in [0.25, 0.3) is 11.8 Å². The summed E-state index contributed by atoms with van der Waals surface area (Å²) in [6, 6.07) is 2.58. The van der Waals surface area contributed by atoms with Crippen LogP contribution in [0.4, 0.5) is 18.9 Å². The van der Waals surface area contributed by atoms with Gasteiger partial charge in [0.15, 0.2) is 0 Å². The van der Waals surface area contributed by atoms with Gasteiger partial charge in [-0.3, -0.25) is 19.3 Å². The maximum absolute atomic E-state index is 14.1. The molecule has 2 atom stereocenters. The molecule has 2 unspecified atom stereocenters. The SMILES string of the molecule is CC1CCCC(Cn2nc(C3CC3)c(C(F)(F)F)c2C(=O)Nc2ccnc(C(N)=O)c2)O1. The van der Waals surface area contributed by atoms with Gasteiger partial charge in [0, 0.05) is 17.8 Å². The number of pyridine rings is 1. The number of nitrogens with one attached hydrogen (secondary N) is 1. The van der Waals surface area contributed by atoms with Crippen LogP contribution >= 0.6 is 0 Å². The molecule has 0 bridgehead atoms. The summed E-state index contributed by atoms with van der Waals surface area (Å²) in [5.74, 6) is -2.10. The number of halogens is 3. The van der Waals surface area contributed by atoms with Crippen LogP contribution in [0, 0.1) is 0 Å². The number of primary amides is 1. The van der Waals surface area contributed by atoms with Gasteiger partial charge in [-0.2, -0.15) is 18.3 Å². The van der Waals surface area contributed by atoms with Crippen LogP contribution in [0.5, 0.6) is 0 Å². The summed E-state index contributed by atoms with van der Waals surface area (Å²) in [7, 11) is 0. The summed E-state index contributed by atoms with van der Waals surface area (Å²) < 4.78 is 49.2. The number of nitrogens with two attached hydrogens (primary N) is 1. The predicted octanol–water partition coefficient (Wildman–Crippen LogP) is 3.48.